The molecule has 0 saturated carbocycles. The van der Waals surface area contributed by atoms with E-state index in [0.29, 0.717) is 6.90 Å². The van der Waals surface area contributed by atoms with E-state index in [2.05, 4.69) is 41.1 Å². The van der Waals surface area contributed by atoms with Gasteiger partial charge in [0.2, 0.25) is 0 Å². The maximum atomic E-state index is 7.08. The van der Waals surface area contributed by atoms with E-state index in [1.807, 2.05) is 0 Å². The Balaban J connectivity index is 2.02. The summed E-state index contributed by atoms with van der Waals surface area (Å²) in [6.07, 6.45) is 5.53. The normalized spacial score (nSPS) is 11.9. The van der Waals surface area contributed by atoms with Gasteiger partial charge >= 0.3 is 0 Å². The molecule has 0 N–H and O–H groups in total. The van der Waals surface area contributed by atoms with Crippen LogP contribution < -0.4 is 0 Å². The lowest BCUT2D eigenvalue weighted by Gasteiger charge is -2.03. The van der Waals surface area contributed by atoms with Gasteiger partial charge in [0.05, 0.1) is 0 Å². The second-order valence-electron chi connectivity index (χ2n) is 3.63. The minimum Gasteiger partial charge on any atom is -0.347 e. The highest BCUT2D eigenvalue weighted by Crippen LogP contribution is 2.15. The van der Waals surface area contributed by atoms with Gasteiger partial charge in [-0.3, -0.25) is 0 Å². The standard InChI is InChI=1S/C13H17N/c1-2-3-6-10-14-11-9-12-7-4-5-8-13(12)14/h4-5,7-9,11H,2-3,6,10H2,1H3/i1D. The lowest BCUT2D eigenvalue weighted by atomic mass is 10.2. The van der Waals surface area contributed by atoms with Crippen LogP contribution in [0.3, 0.4) is 0 Å². The average Bonchev–Trinajstić information content (AvgIpc) is 2.68. The van der Waals surface area contributed by atoms with Crippen LogP contribution in [0, 0.1) is 0 Å². The highest BCUT2D eigenvalue weighted by atomic mass is 14.9. The van der Waals surface area contributed by atoms with Gasteiger partial charge in [0.1, 0.15) is 0 Å². The summed E-state index contributed by atoms with van der Waals surface area (Å²) in [5, 5.41) is 1.32. The van der Waals surface area contributed by atoms with Gasteiger partial charge in [-0.15, -0.1) is 0 Å². The van der Waals surface area contributed by atoms with E-state index in [1.54, 1.807) is 0 Å². The molecule has 1 nitrogen and oxygen atoms in total. The second kappa shape index (κ2) is 4.32. The van der Waals surface area contributed by atoms with E-state index < -0.39 is 0 Å². The summed E-state index contributed by atoms with van der Waals surface area (Å²) in [4.78, 5) is 0. The molecule has 2 rings (SSSR count). The summed E-state index contributed by atoms with van der Waals surface area (Å²) in [6.45, 7) is 1.64. The molecule has 0 unspecified atom stereocenters. The van der Waals surface area contributed by atoms with E-state index in [-0.39, 0.29) is 0 Å². The summed E-state index contributed by atoms with van der Waals surface area (Å²) < 4.78 is 9.38. The Morgan fingerprint density at radius 2 is 2.14 bits per heavy atom. The Bertz CT molecular complexity index is 419. The number of hydrogen-bond acceptors (Lipinski definition) is 0. The molecule has 2 aromatic rings. The average molecular weight is 188 g/mol. The largest absolute Gasteiger partial charge is 0.347 e. The molecule has 0 spiro atoms. The van der Waals surface area contributed by atoms with Crippen molar-refractivity contribution < 1.29 is 1.37 Å². The predicted octanol–water partition coefficient (Wildman–Crippen LogP) is 3.83. The fraction of sp³-hybridized carbons (Fsp3) is 0.385. The fourth-order valence-corrected chi connectivity index (χ4v) is 1.79. The second-order valence-corrected chi connectivity index (χ2v) is 3.63. The number of benzene rings is 1. The van der Waals surface area contributed by atoms with Gasteiger partial charge in [-0.1, -0.05) is 37.9 Å². The third-order valence-corrected chi connectivity index (χ3v) is 2.58. The van der Waals surface area contributed by atoms with Gasteiger partial charge in [-0.2, -0.15) is 0 Å². The molecule has 14 heavy (non-hydrogen) atoms. The van der Waals surface area contributed by atoms with E-state index in [9.17, 15) is 0 Å². The number of nitrogens with zero attached hydrogens (tertiary/aromatic N) is 1. The highest BCUT2D eigenvalue weighted by Gasteiger charge is 1.98. The van der Waals surface area contributed by atoms with Crippen molar-refractivity contribution in [1.82, 2.24) is 4.57 Å². The van der Waals surface area contributed by atoms with Crippen LogP contribution in [-0.4, -0.2) is 4.57 Å². The van der Waals surface area contributed by atoms with Crippen LogP contribution >= 0.6 is 0 Å². The molecule has 0 aliphatic rings. The lowest BCUT2D eigenvalue weighted by Crippen LogP contribution is -1.95. The van der Waals surface area contributed by atoms with Gasteiger partial charge in [0.15, 0.2) is 0 Å². The number of aromatic nitrogens is 1. The molecule has 0 saturated heterocycles. The van der Waals surface area contributed by atoms with Crippen LogP contribution in [0.25, 0.3) is 10.9 Å². The fourth-order valence-electron chi connectivity index (χ4n) is 1.79. The minimum atomic E-state index is 0.562. The Kier molecular flexibility index (Phi) is 2.50. The van der Waals surface area contributed by atoms with Crippen molar-refractivity contribution in [2.45, 2.75) is 32.7 Å². The van der Waals surface area contributed by atoms with E-state index >= 15 is 0 Å². The molecule has 1 heterocycles. The Hall–Kier alpha value is -1.24. The topological polar surface area (TPSA) is 4.93 Å². The van der Waals surface area contributed by atoms with Crippen LogP contribution in [0.2, 0.25) is 0 Å². The van der Waals surface area contributed by atoms with Crippen molar-refractivity contribution in [2.24, 2.45) is 0 Å². The van der Waals surface area contributed by atoms with Crippen molar-refractivity contribution in [3.05, 3.63) is 36.5 Å². The molecule has 0 radical (unpaired) electrons. The van der Waals surface area contributed by atoms with Crippen molar-refractivity contribution in [2.75, 3.05) is 0 Å². The zero-order chi connectivity index (χ0) is 10.5. The number of para-hydroxylation sites is 1. The molecule has 1 aromatic carbocycles. The van der Waals surface area contributed by atoms with Crippen LogP contribution in [0.1, 0.15) is 27.5 Å². The van der Waals surface area contributed by atoms with Crippen LogP contribution in [0.4, 0.5) is 0 Å². The molecule has 0 amide bonds. The van der Waals surface area contributed by atoms with Crippen LogP contribution in [-0.2, 0) is 6.54 Å². The van der Waals surface area contributed by atoms with Crippen LogP contribution in [0.15, 0.2) is 36.5 Å². The molecule has 0 aliphatic carbocycles. The number of aryl methyl sites for hydroxylation is 1. The summed E-state index contributed by atoms with van der Waals surface area (Å²) >= 11 is 0. The van der Waals surface area contributed by atoms with Gasteiger partial charge in [-0.25, -0.2) is 0 Å². The molecule has 0 atom stereocenters. The van der Waals surface area contributed by atoms with Gasteiger partial charge in [-0.05, 0) is 23.9 Å². The molecule has 0 fully saturated rings. The van der Waals surface area contributed by atoms with Crippen LogP contribution in [0.5, 0.6) is 0 Å². The van der Waals surface area contributed by atoms with E-state index in [4.69, 9.17) is 1.37 Å². The van der Waals surface area contributed by atoms with Crippen molar-refractivity contribution >= 4 is 10.9 Å². The zero-order valence-corrected chi connectivity index (χ0v) is 8.45. The number of fused-ring (bicyclic) bond motifs is 1. The summed E-state index contributed by atoms with van der Waals surface area (Å²) in [5.74, 6) is 0. The quantitative estimate of drug-likeness (QED) is 0.643. The first-order valence-electron chi connectivity index (χ1n) is 5.95. The van der Waals surface area contributed by atoms with Gasteiger partial charge in [0, 0.05) is 19.6 Å². The lowest BCUT2D eigenvalue weighted by molar-refractivity contribution is 0.616. The zero-order valence-electron chi connectivity index (χ0n) is 9.45. The van der Waals surface area contributed by atoms with E-state index in [0.717, 1.165) is 19.4 Å². The monoisotopic (exact) mass is 188 g/mol. The third-order valence-electron chi connectivity index (χ3n) is 2.58. The Morgan fingerprint density at radius 1 is 1.21 bits per heavy atom. The highest BCUT2D eigenvalue weighted by molar-refractivity contribution is 5.79. The number of unbranched alkanes of at least 4 members (excludes halogenated alkanes) is 2. The predicted molar refractivity (Wildman–Crippen MR) is 61.5 cm³/mol. The Labute approximate surface area is 86.8 Å². The maximum Gasteiger partial charge on any atom is 0.0480 e. The summed E-state index contributed by atoms with van der Waals surface area (Å²) in [5.41, 5.74) is 1.32. The van der Waals surface area contributed by atoms with Crippen molar-refractivity contribution in [3.63, 3.8) is 0 Å². The molecule has 1 aromatic heterocycles. The van der Waals surface area contributed by atoms with Crippen molar-refractivity contribution in [1.29, 1.82) is 0 Å². The minimum absolute atomic E-state index is 0.562. The third kappa shape index (κ3) is 1.82. The maximum absolute atomic E-state index is 7.08. The van der Waals surface area contributed by atoms with Gasteiger partial charge in [0.25, 0.3) is 0 Å². The molecular weight excluding hydrogens is 170 g/mol. The van der Waals surface area contributed by atoms with E-state index in [1.165, 1.54) is 17.3 Å². The van der Waals surface area contributed by atoms with Gasteiger partial charge < -0.3 is 4.57 Å². The number of rotatable bonds is 4. The Morgan fingerprint density at radius 3 is 3.07 bits per heavy atom. The summed E-state index contributed by atoms with van der Waals surface area (Å²) in [6, 6.07) is 10.6. The number of hydrogen-bond donors (Lipinski definition) is 0. The SMILES string of the molecule is [2H]CCCCCn1ccc2ccccc21. The first-order chi connectivity index (χ1) is 7.42. The first kappa shape index (κ1) is 8.10. The molecule has 1 heteroatoms. The molecular formula is C13H17N. The smallest absolute Gasteiger partial charge is 0.0480 e. The first-order valence-corrected chi connectivity index (χ1v) is 5.25. The van der Waals surface area contributed by atoms with Crippen molar-refractivity contribution in [3.8, 4) is 0 Å². The molecule has 74 valence electrons. The molecule has 0 bridgehead atoms. The molecule has 0 aliphatic heterocycles. The summed E-state index contributed by atoms with van der Waals surface area (Å²) in [7, 11) is 0.